The molecule has 22 heavy (non-hydrogen) atoms. The van der Waals surface area contributed by atoms with Gasteiger partial charge in [0.2, 0.25) is 5.91 Å². The number of halogens is 1. The van der Waals surface area contributed by atoms with E-state index in [0.717, 1.165) is 31.6 Å². The highest BCUT2D eigenvalue weighted by Crippen LogP contribution is 2.34. The maximum absolute atomic E-state index is 13.2. The van der Waals surface area contributed by atoms with Crippen LogP contribution in [0.3, 0.4) is 0 Å². The van der Waals surface area contributed by atoms with Crippen molar-refractivity contribution in [3.63, 3.8) is 0 Å². The molecule has 1 atom stereocenters. The third-order valence-corrected chi connectivity index (χ3v) is 4.83. The average molecular weight is 306 g/mol. The summed E-state index contributed by atoms with van der Waals surface area (Å²) in [4.78, 5) is 16.5. The van der Waals surface area contributed by atoms with Crippen molar-refractivity contribution in [2.75, 3.05) is 31.6 Å². The molecular weight excluding hydrogens is 283 g/mol. The van der Waals surface area contributed by atoms with Crippen LogP contribution in [0.25, 0.3) is 0 Å². The van der Waals surface area contributed by atoms with Gasteiger partial charge in [-0.05, 0) is 30.9 Å². The third-order valence-electron chi connectivity index (χ3n) is 4.83. The second kappa shape index (κ2) is 6.15. The number of likely N-dealkylation sites (N-methyl/N-ethyl adjacent to an activating group) is 1. The maximum Gasteiger partial charge on any atom is 0.224 e. The van der Waals surface area contributed by atoms with Gasteiger partial charge in [-0.25, -0.2) is 4.39 Å². The van der Waals surface area contributed by atoms with Crippen LogP contribution in [0.4, 0.5) is 10.1 Å². The fourth-order valence-corrected chi connectivity index (χ4v) is 3.17. The standard InChI is InChI=1S/C17H23FN2O2/c1-12-5-7-20(8-6-12)17(21)10-14-11-22-16-9-13(18)3-4-15(16)19(14)2/h3-4,9,12,14H,5-8,10-11H2,1-2H3. The van der Waals surface area contributed by atoms with Crippen LogP contribution in [0.15, 0.2) is 18.2 Å². The molecule has 1 unspecified atom stereocenters. The number of fused-ring (bicyclic) bond motifs is 1. The zero-order chi connectivity index (χ0) is 15.7. The minimum atomic E-state index is -0.302. The van der Waals surface area contributed by atoms with Crippen molar-refractivity contribution in [1.29, 1.82) is 0 Å². The number of likely N-dealkylation sites (tertiary alicyclic amines) is 1. The Hall–Kier alpha value is -1.78. The number of nitrogens with zero attached hydrogens (tertiary/aromatic N) is 2. The lowest BCUT2D eigenvalue weighted by atomic mass is 9.98. The number of carbonyl (C=O) groups excluding carboxylic acids is 1. The smallest absolute Gasteiger partial charge is 0.224 e. The summed E-state index contributed by atoms with van der Waals surface area (Å²) >= 11 is 0. The highest BCUT2D eigenvalue weighted by atomic mass is 19.1. The summed E-state index contributed by atoms with van der Waals surface area (Å²) in [5, 5.41) is 0. The lowest BCUT2D eigenvalue weighted by molar-refractivity contribution is -0.133. The summed E-state index contributed by atoms with van der Waals surface area (Å²) in [6.45, 7) is 4.38. The van der Waals surface area contributed by atoms with Crippen molar-refractivity contribution in [2.24, 2.45) is 5.92 Å². The molecule has 0 bridgehead atoms. The third kappa shape index (κ3) is 3.03. The van der Waals surface area contributed by atoms with Crippen LogP contribution in [0.2, 0.25) is 0 Å². The van der Waals surface area contributed by atoms with Gasteiger partial charge in [0.25, 0.3) is 0 Å². The first-order valence-corrected chi connectivity index (χ1v) is 7.97. The number of carbonyl (C=O) groups is 1. The van der Waals surface area contributed by atoms with Gasteiger partial charge in [-0.15, -0.1) is 0 Å². The van der Waals surface area contributed by atoms with Gasteiger partial charge >= 0.3 is 0 Å². The Kier molecular flexibility index (Phi) is 4.23. The molecule has 1 aromatic rings. The highest BCUT2D eigenvalue weighted by molar-refractivity contribution is 5.78. The van der Waals surface area contributed by atoms with Crippen LogP contribution in [-0.2, 0) is 4.79 Å². The summed E-state index contributed by atoms with van der Waals surface area (Å²) in [6.07, 6.45) is 2.62. The zero-order valence-corrected chi connectivity index (χ0v) is 13.2. The van der Waals surface area contributed by atoms with Gasteiger partial charge in [0.1, 0.15) is 18.2 Å². The normalized spacial score (nSPS) is 22.2. The predicted molar refractivity (Wildman–Crippen MR) is 83.7 cm³/mol. The molecule has 120 valence electrons. The Morgan fingerprint density at radius 3 is 2.82 bits per heavy atom. The van der Waals surface area contributed by atoms with Crippen LogP contribution in [0, 0.1) is 11.7 Å². The van der Waals surface area contributed by atoms with E-state index in [4.69, 9.17) is 4.74 Å². The Labute approximate surface area is 130 Å². The van der Waals surface area contributed by atoms with Crippen LogP contribution in [0.5, 0.6) is 5.75 Å². The predicted octanol–water partition coefficient (Wildman–Crippen LogP) is 2.67. The van der Waals surface area contributed by atoms with Crippen LogP contribution >= 0.6 is 0 Å². The lowest BCUT2D eigenvalue weighted by Crippen LogP contribution is -2.46. The zero-order valence-electron chi connectivity index (χ0n) is 13.2. The Morgan fingerprint density at radius 2 is 2.09 bits per heavy atom. The van der Waals surface area contributed by atoms with Crippen LogP contribution < -0.4 is 9.64 Å². The Morgan fingerprint density at radius 1 is 1.36 bits per heavy atom. The monoisotopic (exact) mass is 306 g/mol. The van der Waals surface area contributed by atoms with Crippen LogP contribution in [-0.4, -0.2) is 43.6 Å². The molecule has 2 heterocycles. The van der Waals surface area contributed by atoms with E-state index in [9.17, 15) is 9.18 Å². The Balaban J connectivity index is 1.64. The minimum Gasteiger partial charge on any atom is -0.489 e. The summed E-state index contributed by atoms with van der Waals surface area (Å²) in [7, 11) is 1.94. The van der Waals surface area contributed by atoms with Crippen molar-refractivity contribution in [1.82, 2.24) is 4.90 Å². The molecule has 1 amide bonds. The molecule has 0 N–H and O–H groups in total. The molecule has 1 saturated heterocycles. The first-order valence-electron chi connectivity index (χ1n) is 7.97. The fourth-order valence-electron chi connectivity index (χ4n) is 3.17. The summed E-state index contributed by atoms with van der Waals surface area (Å²) < 4.78 is 18.9. The van der Waals surface area contributed by atoms with Crippen LogP contribution in [0.1, 0.15) is 26.2 Å². The molecule has 3 rings (SSSR count). The SMILES string of the molecule is CC1CCN(C(=O)CC2COc3cc(F)ccc3N2C)CC1. The number of anilines is 1. The minimum absolute atomic E-state index is 0.00445. The first kappa shape index (κ1) is 15.1. The van der Waals surface area contributed by atoms with Crippen molar-refractivity contribution in [3.05, 3.63) is 24.0 Å². The summed E-state index contributed by atoms with van der Waals surface area (Å²) in [5.74, 6) is 1.16. The molecule has 0 aromatic heterocycles. The number of rotatable bonds is 2. The van der Waals surface area contributed by atoms with Gasteiger partial charge in [-0.3, -0.25) is 4.79 Å². The van der Waals surface area contributed by atoms with Gasteiger partial charge in [-0.1, -0.05) is 6.92 Å². The molecule has 2 aliphatic rings. The first-order chi connectivity index (χ1) is 10.5. The maximum atomic E-state index is 13.2. The number of hydrogen-bond donors (Lipinski definition) is 0. The van der Waals surface area contributed by atoms with Crippen molar-refractivity contribution < 1.29 is 13.9 Å². The van der Waals surface area contributed by atoms with E-state index in [-0.39, 0.29) is 17.8 Å². The molecule has 5 heteroatoms. The van der Waals surface area contributed by atoms with Gasteiger partial charge in [0.15, 0.2) is 0 Å². The van der Waals surface area contributed by atoms with Crippen molar-refractivity contribution in [2.45, 2.75) is 32.2 Å². The molecule has 0 spiro atoms. The molecular formula is C17H23FN2O2. The van der Waals surface area contributed by atoms with E-state index in [2.05, 4.69) is 6.92 Å². The largest absolute Gasteiger partial charge is 0.489 e. The van der Waals surface area contributed by atoms with E-state index in [1.54, 1.807) is 6.07 Å². The summed E-state index contributed by atoms with van der Waals surface area (Å²) in [5.41, 5.74) is 0.845. The number of benzene rings is 1. The van der Waals surface area contributed by atoms with E-state index < -0.39 is 0 Å². The van der Waals surface area contributed by atoms with Gasteiger partial charge in [0.05, 0.1) is 18.2 Å². The summed E-state index contributed by atoms with van der Waals surface area (Å²) in [6, 6.07) is 4.54. The van der Waals surface area contributed by atoms with E-state index in [0.29, 0.717) is 24.7 Å². The topological polar surface area (TPSA) is 32.8 Å². The molecule has 0 saturated carbocycles. The number of hydrogen-bond acceptors (Lipinski definition) is 3. The van der Waals surface area contributed by atoms with E-state index >= 15 is 0 Å². The molecule has 2 aliphatic heterocycles. The lowest BCUT2D eigenvalue weighted by Gasteiger charge is -2.37. The van der Waals surface area contributed by atoms with E-state index in [1.165, 1.54) is 12.1 Å². The molecule has 1 aromatic carbocycles. The fraction of sp³-hybridized carbons (Fsp3) is 0.588. The average Bonchev–Trinajstić information content (AvgIpc) is 2.50. The second-order valence-corrected chi connectivity index (χ2v) is 6.46. The highest BCUT2D eigenvalue weighted by Gasteiger charge is 2.29. The van der Waals surface area contributed by atoms with Crippen molar-refractivity contribution >= 4 is 11.6 Å². The van der Waals surface area contributed by atoms with E-state index in [1.807, 2.05) is 16.8 Å². The Bertz CT molecular complexity index is 556. The van der Waals surface area contributed by atoms with Gasteiger partial charge in [-0.2, -0.15) is 0 Å². The molecule has 0 radical (unpaired) electrons. The van der Waals surface area contributed by atoms with Gasteiger partial charge in [0, 0.05) is 26.2 Å². The number of amides is 1. The molecule has 0 aliphatic carbocycles. The molecule has 1 fully saturated rings. The molecule has 4 nitrogen and oxygen atoms in total. The second-order valence-electron chi connectivity index (χ2n) is 6.46. The number of piperidine rings is 1. The number of ether oxygens (including phenoxy) is 1. The quantitative estimate of drug-likeness (QED) is 0.842. The van der Waals surface area contributed by atoms with Gasteiger partial charge < -0.3 is 14.5 Å². The van der Waals surface area contributed by atoms with Crippen molar-refractivity contribution in [3.8, 4) is 5.75 Å².